The molecule has 1 aromatic rings. The molecule has 1 heterocycles. The molecule has 9 heteroatoms. The molecule has 0 bridgehead atoms. The van der Waals surface area contributed by atoms with Crippen molar-refractivity contribution in [3.05, 3.63) is 23.9 Å². The summed E-state index contributed by atoms with van der Waals surface area (Å²) in [6.45, 7) is 3.57. The molecule has 1 aliphatic carbocycles. The van der Waals surface area contributed by atoms with Crippen molar-refractivity contribution in [3.8, 4) is 0 Å². The van der Waals surface area contributed by atoms with Crippen LogP contribution in [0.1, 0.15) is 24.8 Å². The minimum absolute atomic E-state index is 0.428. The van der Waals surface area contributed by atoms with Gasteiger partial charge in [-0.25, -0.2) is 4.98 Å². The lowest BCUT2D eigenvalue weighted by Gasteiger charge is -2.22. The lowest BCUT2D eigenvalue weighted by Crippen LogP contribution is -2.41. The zero-order valence-electron chi connectivity index (χ0n) is 15.9. The summed E-state index contributed by atoms with van der Waals surface area (Å²) in [5, 5.41) is 6.27. The fraction of sp³-hybridized carbons (Fsp3) is 0.667. The molecule has 2 rings (SSSR count). The van der Waals surface area contributed by atoms with Crippen molar-refractivity contribution in [2.24, 2.45) is 10.9 Å². The molecule has 27 heavy (non-hydrogen) atoms. The normalized spacial score (nSPS) is 14.9. The third-order valence-electron chi connectivity index (χ3n) is 4.23. The number of halogens is 3. The molecular weight excluding hydrogens is 359 g/mol. The molecule has 0 amide bonds. The molecule has 0 atom stereocenters. The van der Waals surface area contributed by atoms with Gasteiger partial charge in [0.25, 0.3) is 0 Å². The Morgan fingerprint density at radius 3 is 2.70 bits per heavy atom. The lowest BCUT2D eigenvalue weighted by atomic mass is 10.3. The topological polar surface area (TPSA) is 61.8 Å². The van der Waals surface area contributed by atoms with Crippen LogP contribution in [0.2, 0.25) is 0 Å². The van der Waals surface area contributed by atoms with E-state index in [-0.39, 0.29) is 0 Å². The number of ether oxygens (including phenoxy) is 1. The summed E-state index contributed by atoms with van der Waals surface area (Å²) < 4.78 is 43.1. The predicted octanol–water partition coefficient (Wildman–Crippen LogP) is 2.84. The number of aliphatic imine (C=N–C) groups is 1. The van der Waals surface area contributed by atoms with E-state index >= 15 is 0 Å². The van der Waals surface area contributed by atoms with Crippen molar-refractivity contribution in [1.82, 2.24) is 15.2 Å². The number of nitrogens with zero attached hydrogens (tertiary/aromatic N) is 3. The third kappa shape index (κ3) is 8.03. The van der Waals surface area contributed by atoms with E-state index in [0.29, 0.717) is 25.5 Å². The van der Waals surface area contributed by atoms with Crippen LogP contribution >= 0.6 is 0 Å². The van der Waals surface area contributed by atoms with Gasteiger partial charge in [0.15, 0.2) is 5.96 Å². The van der Waals surface area contributed by atoms with Crippen LogP contribution in [0.15, 0.2) is 23.3 Å². The van der Waals surface area contributed by atoms with Gasteiger partial charge in [-0.15, -0.1) is 0 Å². The Morgan fingerprint density at radius 1 is 1.33 bits per heavy atom. The molecule has 0 unspecified atom stereocenters. The Balaban J connectivity index is 1.58. The highest BCUT2D eigenvalue weighted by molar-refractivity contribution is 5.79. The molecule has 1 aliphatic rings. The summed E-state index contributed by atoms with van der Waals surface area (Å²) >= 11 is 0. The fourth-order valence-electron chi connectivity index (χ4n) is 2.40. The minimum Gasteiger partial charge on any atom is -0.379 e. The molecule has 1 saturated carbocycles. The minimum atomic E-state index is -4.36. The molecule has 6 nitrogen and oxygen atoms in total. The zero-order chi connectivity index (χ0) is 19.7. The lowest BCUT2D eigenvalue weighted by molar-refractivity contribution is -0.137. The summed E-state index contributed by atoms with van der Waals surface area (Å²) in [6, 6.07) is 2.36. The van der Waals surface area contributed by atoms with Gasteiger partial charge in [0.1, 0.15) is 5.82 Å². The summed E-state index contributed by atoms with van der Waals surface area (Å²) in [6.07, 6.45) is -0.180. The van der Waals surface area contributed by atoms with Gasteiger partial charge in [-0.1, -0.05) is 0 Å². The molecule has 0 aromatic carbocycles. The number of nitrogens with one attached hydrogen (secondary N) is 2. The predicted molar refractivity (Wildman–Crippen MR) is 99.9 cm³/mol. The van der Waals surface area contributed by atoms with E-state index < -0.39 is 11.7 Å². The SMILES string of the molecule is CN=C(NCCCNc1ccc(C(F)(F)F)cn1)N(C)CCOCC1CC1. The number of aromatic nitrogens is 1. The van der Waals surface area contributed by atoms with Crippen LogP contribution in [0, 0.1) is 5.92 Å². The van der Waals surface area contributed by atoms with Crippen molar-refractivity contribution in [3.63, 3.8) is 0 Å². The molecule has 0 spiro atoms. The number of pyridine rings is 1. The molecule has 152 valence electrons. The maximum atomic E-state index is 12.5. The number of alkyl halides is 3. The molecule has 2 N–H and O–H groups in total. The second-order valence-electron chi connectivity index (χ2n) is 6.62. The summed E-state index contributed by atoms with van der Waals surface area (Å²) in [5.41, 5.74) is -0.748. The van der Waals surface area contributed by atoms with Crippen molar-refractivity contribution in [1.29, 1.82) is 0 Å². The van der Waals surface area contributed by atoms with Gasteiger partial charge >= 0.3 is 6.18 Å². The van der Waals surface area contributed by atoms with Crippen LogP contribution in [0.25, 0.3) is 0 Å². The van der Waals surface area contributed by atoms with E-state index in [9.17, 15) is 13.2 Å². The summed E-state index contributed by atoms with van der Waals surface area (Å²) in [5.74, 6) is 1.98. The third-order valence-corrected chi connectivity index (χ3v) is 4.23. The molecule has 1 aromatic heterocycles. The number of guanidine groups is 1. The molecule has 0 aliphatic heterocycles. The van der Waals surface area contributed by atoms with Crippen molar-refractivity contribution in [2.45, 2.75) is 25.4 Å². The summed E-state index contributed by atoms with van der Waals surface area (Å²) in [7, 11) is 3.69. The van der Waals surface area contributed by atoms with Crippen LogP contribution in [-0.2, 0) is 10.9 Å². The largest absolute Gasteiger partial charge is 0.417 e. The Hall–Kier alpha value is -2.03. The molecule has 0 saturated heterocycles. The quantitative estimate of drug-likeness (QED) is 0.367. The maximum absolute atomic E-state index is 12.5. The van der Waals surface area contributed by atoms with E-state index in [1.807, 2.05) is 11.9 Å². The molecular formula is C18H28F3N5O. The zero-order valence-corrected chi connectivity index (χ0v) is 15.9. The van der Waals surface area contributed by atoms with Crippen LogP contribution in [0.3, 0.4) is 0 Å². The first-order valence-electron chi connectivity index (χ1n) is 9.17. The first-order valence-corrected chi connectivity index (χ1v) is 9.17. The number of anilines is 1. The van der Waals surface area contributed by atoms with Crippen LogP contribution < -0.4 is 10.6 Å². The smallest absolute Gasteiger partial charge is 0.379 e. The highest BCUT2D eigenvalue weighted by atomic mass is 19.4. The second kappa shape index (κ2) is 10.3. The van der Waals surface area contributed by atoms with Crippen molar-refractivity contribution < 1.29 is 17.9 Å². The van der Waals surface area contributed by atoms with E-state index in [4.69, 9.17) is 4.74 Å². The first-order chi connectivity index (χ1) is 12.9. The van der Waals surface area contributed by atoms with Crippen LogP contribution in [0.4, 0.5) is 19.0 Å². The van der Waals surface area contributed by atoms with Gasteiger partial charge in [-0.05, 0) is 37.3 Å². The van der Waals surface area contributed by atoms with Gasteiger partial charge < -0.3 is 20.3 Å². The Morgan fingerprint density at radius 2 is 2.11 bits per heavy atom. The van der Waals surface area contributed by atoms with Gasteiger partial charge in [0.05, 0.1) is 12.2 Å². The first kappa shape index (κ1) is 21.3. The van der Waals surface area contributed by atoms with E-state index in [1.165, 1.54) is 18.9 Å². The van der Waals surface area contributed by atoms with Gasteiger partial charge in [-0.3, -0.25) is 4.99 Å². The van der Waals surface area contributed by atoms with E-state index in [1.54, 1.807) is 7.05 Å². The van der Waals surface area contributed by atoms with E-state index in [0.717, 1.165) is 43.7 Å². The monoisotopic (exact) mass is 387 g/mol. The van der Waals surface area contributed by atoms with Gasteiger partial charge in [0, 0.05) is 46.5 Å². The maximum Gasteiger partial charge on any atom is 0.417 e. The highest BCUT2D eigenvalue weighted by Crippen LogP contribution is 2.29. The van der Waals surface area contributed by atoms with Gasteiger partial charge in [-0.2, -0.15) is 13.2 Å². The molecule has 0 radical (unpaired) electrons. The highest BCUT2D eigenvalue weighted by Gasteiger charge is 2.30. The summed E-state index contributed by atoms with van der Waals surface area (Å²) in [4.78, 5) is 10.0. The van der Waals surface area contributed by atoms with Gasteiger partial charge in [0.2, 0.25) is 0 Å². The Bertz CT molecular complexity index is 588. The van der Waals surface area contributed by atoms with Crippen molar-refractivity contribution >= 4 is 11.8 Å². The van der Waals surface area contributed by atoms with E-state index in [2.05, 4.69) is 20.6 Å². The average Bonchev–Trinajstić information content (AvgIpc) is 3.45. The number of hydrogen-bond acceptors (Lipinski definition) is 4. The number of rotatable bonds is 10. The van der Waals surface area contributed by atoms with Crippen molar-refractivity contribution in [2.75, 3.05) is 52.3 Å². The number of likely N-dealkylation sites (N-methyl/N-ethyl adjacent to an activating group) is 1. The molecule has 1 fully saturated rings. The Labute approximate surface area is 158 Å². The standard InChI is InChI=1S/C18H28F3N5O/c1-22-17(26(2)10-11-27-13-14-4-5-14)24-9-3-8-23-16-7-6-15(12-25-16)18(19,20)21/h6-7,12,14H,3-5,8-11,13H2,1-2H3,(H,22,24)(H,23,25). The number of hydrogen-bond donors (Lipinski definition) is 2. The van der Waals surface area contributed by atoms with Crippen LogP contribution in [-0.4, -0.2) is 62.8 Å². The average molecular weight is 387 g/mol. The fourth-order valence-corrected chi connectivity index (χ4v) is 2.40. The second-order valence-corrected chi connectivity index (χ2v) is 6.62. The Kier molecular flexibility index (Phi) is 8.15. The van der Waals surface area contributed by atoms with Crippen LogP contribution in [0.5, 0.6) is 0 Å².